The number of halogens is 5. The van der Waals surface area contributed by atoms with Crippen molar-refractivity contribution < 1.29 is 17.6 Å². The van der Waals surface area contributed by atoms with Crippen molar-refractivity contribution in [3.63, 3.8) is 0 Å². The third-order valence-corrected chi connectivity index (χ3v) is 3.30. The first kappa shape index (κ1) is 17.2. The van der Waals surface area contributed by atoms with Crippen molar-refractivity contribution in [1.29, 1.82) is 0 Å². The Morgan fingerprint density at radius 1 is 1.30 bits per heavy atom. The first-order chi connectivity index (χ1) is 9.31. The Kier molecular flexibility index (Phi) is 6.76. The minimum Gasteiger partial charge on any atom is -0.314 e. The van der Waals surface area contributed by atoms with E-state index in [9.17, 15) is 17.6 Å². The molecule has 0 aliphatic rings. The molecule has 0 fully saturated rings. The molecule has 0 saturated carbocycles. The molecule has 0 aliphatic heterocycles. The number of alkyl halides is 3. The van der Waals surface area contributed by atoms with E-state index in [1.165, 1.54) is 18.2 Å². The third-order valence-electron chi connectivity index (χ3n) is 2.93. The summed E-state index contributed by atoms with van der Waals surface area (Å²) in [6.45, 7) is 2.55. The molecule has 1 aromatic rings. The molecule has 6 heteroatoms. The van der Waals surface area contributed by atoms with Crippen molar-refractivity contribution in [2.45, 2.75) is 44.8 Å². The molecule has 0 bridgehead atoms. The molecule has 1 unspecified atom stereocenters. The Morgan fingerprint density at radius 3 is 2.60 bits per heavy atom. The Morgan fingerprint density at radius 2 is 2.00 bits per heavy atom. The average Bonchev–Trinajstić information content (AvgIpc) is 2.36. The van der Waals surface area contributed by atoms with Gasteiger partial charge in [0.15, 0.2) is 0 Å². The molecular weight excluding hydrogens is 294 g/mol. The smallest absolute Gasteiger partial charge is 0.314 e. The molecule has 0 spiro atoms. The van der Waals surface area contributed by atoms with Crippen LogP contribution in [0.15, 0.2) is 18.2 Å². The lowest BCUT2D eigenvalue weighted by molar-refractivity contribution is -0.136. The van der Waals surface area contributed by atoms with Gasteiger partial charge in [-0.3, -0.25) is 0 Å². The lowest BCUT2D eigenvalue weighted by atomic mass is 10.0. The van der Waals surface area contributed by atoms with Crippen LogP contribution in [-0.4, -0.2) is 18.8 Å². The van der Waals surface area contributed by atoms with E-state index >= 15 is 0 Å². The minimum atomic E-state index is -4.18. The molecule has 0 aromatic heterocycles. The summed E-state index contributed by atoms with van der Waals surface area (Å²) in [5.74, 6) is -0.436. The highest BCUT2D eigenvalue weighted by Crippen LogP contribution is 2.25. The summed E-state index contributed by atoms with van der Waals surface area (Å²) >= 11 is 5.95. The van der Waals surface area contributed by atoms with E-state index in [-0.39, 0.29) is 18.9 Å². The molecule has 20 heavy (non-hydrogen) atoms. The number of hydrogen-bond donors (Lipinski definition) is 1. The molecule has 1 atom stereocenters. The molecule has 0 amide bonds. The fourth-order valence-corrected chi connectivity index (χ4v) is 2.12. The fourth-order valence-electron chi connectivity index (χ4n) is 1.93. The molecule has 1 rings (SSSR count). The highest BCUT2D eigenvalue weighted by Gasteiger charge is 2.28. The van der Waals surface area contributed by atoms with E-state index in [1.807, 2.05) is 6.92 Å². The van der Waals surface area contributed by atoms with Crippen LogP contribution in [0.4, 0.5) is 17.6 Å². The molecule has 0 heterocycles. The van der Waals surface area contributed by atoms with Crippen molar-refractivity contribution in [3.05, 3.63) is 34.6 Å². The molecule has 0 radical (unpaired) electrons. The van der Waals surface area contributed by atoms with Crippen molar-refractivity contribution in [2.75, 3.05) is 6.54 Å². The van der Waals surface area contributed by atoms with Crippen LogP contribution >= 0.6 is 11.6 Å². The van der Waals surface area contributed by atoms with Gasteiger partial charge < -0.3 is 5.32 Å². The van der Waals surface area contributed by atoms with Gasteiger partial charge in [0.25, 0.3) is 0 Å². The van der Waals surface area contributed by atoms with Gasteiger partial charge >= 0.3 is 6.18 Å². The van der Waals surface area contributed by atoms with E-state index in [1.54, 1.807) is 0 Å². The Bertz CT molecular complexity index is 420. The van der Waals surface area contributed by atoms with Gasteiger partial charge in [0.05, 0.1) is 0 Å². The van der Waals surface area contributed by atoms with Crippen LogP contribution in [0.3, 0.4) is 0 Å². The van der Waals surface area contributed by atoms with Gasteiger partial charge in [-0.2, -0.15) is 13.2 Å². The second kappa shape index (κ2) is 7.84. The van der Waals surface area contributed by atoms with Gasteiger partial charge in [-0.25, -0.2) is 4.39 Å². The molecule has 0 aliphatic carbocycles. The predicted octanol–water partition coefficient (Wildman–Crippen LogP) is 4.73. The Balaban J connectivity index is 2.70. The topological polar surface area (TPSA) is 12.0 Å². The van der Waals surface area contributed by atoms with Crippen LogP contribution in [0, 0.1) is 5.82 Å². The lowest BCUT2D eigenvalue weighted by Crippen LogP contribution is -2.33. The molecule has 1 aromatic carbocycles. The first-order valence-electron chi connectivity index (χ1n) is 6.56. The lowest BCUT2D eigenvalue weighted by Gasteiger charge is -2.20. The van der Waals surface area contributed by atoms with E-state index in [0.29, 0.717) is 17.1 Å². The molecule has 1 N–H and O–H groups in total. The van der Waals surface area contributed by atoms with Crippen molar-refractivity contribution >= 4 is 11.6 Å². The number of hydrogen-bond acceptors (Lipinski definition) is 1. The maximum atomic E-state index is 13.2. The molecular formula is C14H18ClF4N. The van der Waals surface area contributed by atoms with Gasteiger partial charge in [0, 0.05) is 17.5 Å². The summed E-state index contributed by atoms with van der Waals surface area (Å²) in [6.07, 6.45) is -3.98. The van der Waals surface area contributed by atoms with Crippen LogP contribution in [0.2, 0.25) is 5.02 Å². The summed E-state index contributed by atoms with van der Waals surface area (Å²) < 4.78 is 50.1. The van der Waals surface area contributed by atoms with Gasteiger partial charge in [0.1, 0.15) is 5.82 Å². The summed E-state index contributed by atoms with van der Waals surface area (Å²) in [5.41, 5.74) is 0.530. The van der Waals surface area contributed by atoms with Crippen LogP contribution in [0.25, 0.3) is 0 Å². The zero-order chi connectivity index (χ0) is 15.2. The van der Waals surface area contributed by atoms with Gasteiger partial charge in [-0.15, -0.1) is 0 Å². The molecule has 114 valence electrons. The van der Waals surface area contributed by atoms with Crippen molar-refractivity contribution in [3.8, 4) is 0 Å². The molecule has 0 saturated heterocycles. The maximum Gasteiger partial charge on any atom is 0.389 e. The Labute approximate surface area is 121 Å². The Hall–Kier alpha value is -0.810. The van der Waals surface area contributed by atoms with Gasteiger partial charge in [-0.05, 0) is 49.6 Å². The summed E-state index contributed by atoms with van der Waals surface area (Å²) in [6, 6.07) is 3.57. The summed E-state index contributed by atoms with van der Waals surface area (Å²) in [7, 11) is 0. The maximum absolute atomic E-state index is 13.2. The minimum absolute atomic E-state index is 0.0453. The van der Waals surface area contributed by atoms with Crippen LogP contribution in [-0.2, 0) is 6.42 Å². The van der Waals surface area contributed by atoms with Crippen LogP contribution in [0.5, 0.6) is 0 Å². The zero-order valence-electron chi connectivity index (χ0n) is 11.2. The fraction of sp³-hybridized carbons (Fsp3) is 0.571. The predicted molar refractivity (Wildman–Crippen MR) is 72.5 cm³/mol. The number of rotatable bonds is 7. The van der Waals surface area contributed by atoms with E-state index in [0.717, 1.165) is 6.42 Å². The highest BCUT2D eigenvalue weighted by atomic mass is 35.5. The van der Waals surface area contributed by atoms with Gasteiger partial charge in [-0.1, -0.05) is 18.5 Å². The highest BCUT2D eigenvalue weighted by molar-refractivity contribution is 6.31. The quantitative estimate of drug-likeness (QED) is 0.718. The number of benzene rings is 1. The van der Waals surface area contributed by atoms with Crippen molar-refractivity contribution in [1.82, 2.24) is 5.32 Å². The van der Waals surface area contributed by atoms with E-state index < -0.39 is 18.4 Å². The second-order valence-electron chi connectivity index (χ2n) is 4.74. The van der Waals surface area contributed by atoms with E-state index in [2.05, 4.69) is 5.32 Å². The summed E-state index contributed by atoms with van der Waals surface area (Å²) in [4.78, 5) is 0. The van der Waals surface area contributed by atoms with Crippen molar-refractivity contribution in [2.24, 2.45) is 0 Å². The molecule has 1 nitrogen and oxygen atoms in total. The van der Waals surface area contributed by atoms with Gasteiger partial charge in [0.2, 0.25) is 0 Å². The van der Waals surface area contributed by atoms with Crippen LogP contribution < -0.4 is 5.32 Å². The normalized spacial score (nSPS) is 13.5. The van der Waals surface area contributed by atoms with Crippen LogP contribution in [0.1, 0.15) is 31.7 Å². The zero-order valence-corrected chi connectivity index (χ0v) is 12.0. The number of nitrogens with one attached hydrogen (secondary N) is 1. The van der Waals surface area contributed by atoms with E-state index in [4.69, 9.17) is 11.6 Å². The standard InChI is InChI=1S/C14H18ClF4N/c1-2-7-20-12(5-6-14(17,18)19)9-10-8-11(16)3-4-13(10)15/h3-4,8,12,20H,2,5-7,9H2,1H3. The monoisotopic (exact) mass is 311 g/mol. The third kappa shape index (κ3) is 6.57. The first-order valence-corrected chi connectivity index (χ1v) is 6.93. The summed E-state index contributed by atoms with van der Waals surface area (Å²) in [5, 5.41) is 3.43. The average molecular weight is 312 g/mol. The SMILES string of the molecule is CCCNC(CCC(F)(F)F)Cc1cc(F)ccc1Cl. The largest absolute Gasteiger partial charge is 0.389 e. The second-order valence-corrected chi connectivity index (χ2v) is 5.15.